The van der Waals surface area contributed by atoms with E-state index in [1.807, 2.05) is 4.90 Å². The molecule has 29 heavy (non-hydrogen) atoms. The lowest BCUT2D eigenvalue weighted by Gasteiger charge is -2.39. The highest BCUT2D eigenvalue weighted by Gasteiger charge is 2.32. The van der Waals surface area contributed by atoms with Gasteiger partial charge in [-0.1, -0.05) is 32.6 Å². The number of amides is 3. The Hall–Kier alpha value is -1.34. The van der Waals surface area contributed by atoms with Gasteiger partial charge in [-0.3, -0.25) is 9.69 Å². The molecule has 0 spiro atoms. The summed E-state index contributed by atoms with van der Waals surface area (Å²) < 4.78 is 5.36. The second-order valence-electron chi connectivity index (χ2n) is 8.96. The highest BCUT2D eigenvalue weighted by Crippen LogP contribution is 2.29. The fraction of sp³-hybridized carbons (Fsp3) is 0.909. The molecule has 7 heteroatoms. The zero-order chi connectivity index (χ0) is 20.5. The predicted molar refractivity (Wildman–Crippen MR) is 114 cm³/mol. The lowest BCUT2D eigenvalue weighted by atomic mass is 9.81. The van der Waals surface area contributed by atoms with Gasteiger partial charge in [0.15, 0.2) is 0 Å². The summed E-state index contributed by atoms with van der Waals surface area (Å²) in [4.78, 5) is 29.4. The summed E-state index contributed by atoms with van der Waals surface area (Å²) in [6.45, 7) is 8.81. The monoisotopic (exact) mass is 408 g/mol. The average molecular weight is 409 g/mol. The molecule has 0 aromatic rings. The SMILES string of the molecule is CC[C@H]1CN(C(=O)NC2CCCCC2)CC[C@H]1CC(=O)NCCN1CCOCC1. The van der Waals surface area contributed by atoms with Crippen LogP contribution in [0, 0.1) is 11.8 Å². The van der Waals surface area contributed by atoms with E-state index in [1.165, 1.54) is 19.3 Å². The Balaban J connectivity index is 1.37. The van der Waals surface area contributed by atoms with Gasteiger partial charge in [0.05, 0.1) is 13.2 Å². The van der Waals surface area contributed by atoms with Gasteiger partial charge in [-0.25, -0.2) is 4.79 Å². The van der Waals surface area contributed by atoms with E-state index in [2.05, 4.69) is 22.5 Å². The fourth-order valence-electron chi connectivity index (χ4n) is 5.00. The van der Waals surface area contributed by atoms with Crippen molar-refractivity contribution in [3.8, 4) is 0 Å². The van der Waals surface area contributed by atoms with Crippen LogP contribution in [0.2, 0.25) is 0 Å². The Labute approximate surface area is 175 Å². The molecule has 1 aliphatic carbocycles. The molecule has 7 nitrogen and oxygen atoms in total. The summed E-state index contributed by atoms with van der Waals surface area (Å²) in [6, 6.07) is 0.454. The van der Waals surface area contributed by atoms with Crippen molar-refractivity contribution in [1.82, 2.24) is 20.4 Å². The highest BCUT2D eigenvalue weighted by atomic mass is 16.5. The molecule has 3 fully saturated rings. The summed E-state index contributed by atoms with van der Waals surface area (Å²) in [5, 5.41) is 6.34. The molecule has 2 aliphatic heterocycles. The molecular formula is C22H40N4O3. The Morgan fingerprint density at radius 1 is 1.00 bits per heavy atom. The number of urea groups is 1. The van der Waals surface area contributed by atoms with Crippen LogP contribution in [0.5, 0.6) is 0 Å². The third kappa shape index (κ3) is 7.14. The number of rotatable bonds is 7. The van der Waals surface area contributed by atoms with Crippen molar-refractivity contribution in [2.75, 3.05) is 52.5 Å². The van der Waals surface area contributed by atoms with E-state index in [0.717, 1.165) is 71.6 Å². The topological polar surface area (TPSA) is 73.9 Å². The molecule has 2 N–H and O–H groups in total. The maximum atomic E-state index is 12.7. The van der Waals surface area contributed by atoms with Crippen LogP contribution in [0.3, 0.4) is 0 Å². The minimum Gasteiger partial charge on any atom is -0.379 e. The number of nitrogens with one attached hydrogen (secondary N) is 2. The number of piperidine rings is 1. The zero-order valence-corrected chi connectivity index (χ0v) is 18.2. The van der Waals surface area contributed by atoms with Gasteiger partial charge in [0.2, 0.25) is 5.91 Å². The molecule has 0 radical (unpaired) electrons. The van der Waals surface area contributed by atoms with E-state index in [4.69, 9.17) is 4.74 Å². The molecule has 2 saturated heterocycles. The van der Waals surface area contributed by atoms with Crippen LogP contribution in [0.25, 0.3) is 0 Å². The van der Waals surface area contributed by atoms with Crippen LogP contribution in [-0.2, 0) is 9.53 Å². The summed E-state index contributed by atoms with van der Waals surface area (Å²) in [7, 11) is 0. The molecule has 2 heterocycles. The molecule has 1 saturated carbocycles. The van der Waals surface area contributed by atoms with Gasteiger partial charge < -0.3 is 20.3 Å². The number of hydrogen-bond acceptors (Lipinski definition) is 4. The minimum absolute atomic E-state index is 0.101. The van der Waals surface area contributed by atoms with Gasteiger partial charge >= 0.3 is 6.03 Å². The predicted octanol–water partition coefficient (Wildman–Crippen LogP) is 2.22. The number of nitrogens with zero attached hydrogens (tertiary/aromatic N) is 2. The second kappa shape index (κ2) is 11.7. The third-order valence-electron chi connectivity index (χ3n) is 6.94. The molecule has 3 rings (SSSR count). The van der Waals surface area contributed by atoms with Crippen LogP contribution in [0.4, 0.5) is 4.79 Å². The van der Waals surface area contributed by atoms with Crippen molar-refractivity contribution in [2.45, 2.75) is 64.3 Å². The van der Waals surface area contributed by atoms with E-state index in [1.54, 1.807) is 0 Å². The molecular weight excluding hydrogens is 368 g/mol. The first-order chi connectivity index (χ1) is 14.2. The van der Waals surface area contributed by atoms with Crippen LogP contribution < -0.4 is 10.6 Å². The van der Waals surface area contributed by atoms with Crippen LogP contribution >= 0.6 is 0 Å². The molecule has 166 valence electrons. The highest BCUT2D eigenvalue weighted by molar-refractivity contribution is 5.76. The first kappa shape index (κ1) is 22.3. The number of morpholine rings is 1. The summed E-state index contributed by atoms with van der Waals surface area (Å²) >= 11 is 0. The largest absolute Gasteiger partial charge is 0.379 e. The van der Waals surface area contributed by atoms with E-state index >= 15 is 0 Å². The van der Waals surface area contributed by atoms with Gasteiger partial charge in [0.1, 0.15) is 0 Å². The molecule has 3 amide bonds. The Morgan fingerprint density at radius 2 is 1.76 bits per heavy atom. The molecule has 0 bridgehead atoms. The lowest BCUT2D eigenvalue weighted by Crippen LogP contribution is -2.51. The number of likely N-dealkylation sites (tertiary alicyclic amines) is 1. The minimum atomic E-state index is 0.101. The zero-order valence-electron chi connectivity index (χ0n) is 18.2. The van der Waals surface area contributed by atoms with E-state index in [0.29, 0.717) is 30.8 Å². The third-order valence-corrected chi connectivity index (χ3v) is 6.94. The van der Waals surface area contributed by atoms with Crippen molar-refractivity contribution in [2.24, 2.45) is 11.8 Å². The van der Waals surface area contributed by atoms with Gasteiger partial charge in [-0.2, -0.15) is 0 Å². The summed E-state index contributed by atoms with van der Waals surface area (Å²) in [5.41, 5.74) is 0. The second-order valence-corrected chi connectivity index (χ2v) is 8.96. The Kier molecular flexibility index (Phi) is 9.05. The first-order valence-electron chi connectivity index (χ1n) is 11.8. The lowest BCUT2D eigenvalue weighted by molar-refractivity contribution is -0.122. The van der Waals surface area contributed by atoms with E-state index < -0.39 is 0 Å². The van der Waals surface area contributed by atoms with Crippen molar-refractivity contribution in [3.05, 3.63) is 0 Å². The van der Waals surface area contributed by atoms with Crippen molar-refractivity contribution < 1.29 is 14.3 Å². The maximum Gasteiger partial charge on any atom is 0.317 e. The van der Waals surface area contributed by atoms with Crippen molar-refractivity contribution in [1.29, 1.82) is 0 Å². The molecule has 2 atom stereocenters. The average Bonchev–Trinajstić information content (AvgIpc) is 2.75. The Morgan fingerprint density at radius 3 is 2.48 bits per heavy atom. The van der Waals surface area contributed by atoms with E-state index in [9.17, 15) is 9.59 Å². The summed E-state index contributed by atoms with van der Waals surface area (Å²) in [5.74, 6) is 0.940. The van der Waals surface area contributed by atoms with Crippen molar-refractivity contribution >= 4 is 11.9 Å². The van der Waals surface area contributed by atoms with Gasteiger partial charge in [0.25, 0.3) is 0 Å². The van der Waals surface area contributed by atoms with Crippen LogP contribution in [0.1, 0.15) is 58.3 Å². The van der Waals surface area contributed by atoms with Crippen LogP contribution in [0.15, 0.2) is 0 Å². The maximum absolute atomic E-state index is 12.7. The summed E-state index contributed by atoms with van der Waals surface area (Å²) in [6.07, 6.45) is 8.50. The number of hydrogen-bond donors (Lipinski definition) is 2. The molecule has 3 aliphatic rings. The Bertz CT molecular complexity index is 518. The van der Waals surface area contributed by atoms with E-state index in [-0.39, 0.29) is 11.9 Å². The molecule has 0 unspecified atom stereocenters. The van der Waals surface area contributed by atoms with Gasteiger partial charge in [-0.05, 0) is 31.1 Å². The van der Waals surface area contributed by atoms with Crippen molar-refractivity contribution in [3.63, 3.8) is 0 Å². The molecule has 0 aromatic carbocycles. The van der Waals surface area contributed by atoms with Crippen LogP contribution in [-0.4, -0.2) is 80.3 Å². The first-order valence-corrected chi connectivity index (χ1v) is 11.8. The number of ether oxygens (including phenoxy) is 1. The quantitative estimate of drug-likeness (QED) is 0.677. The molecule has 0 aromatic heterocycles. The fourth-order valence-corrected chi connectivity index (χ4v) is 5.00. The van der Waals surface area contributed by atoms with Gasteiger partial charge in [0, 0.05) is 51.7 Å². The van der Waals surface area contributed by atoms with Gasteiger partial charge in [-0.15, -0.1) is 0 Å². The number of carbonyl (C=O) groups excluding carboxylic acids is 2. The number of carbonyl (C=O) groups is 2. The smallest absolute Gasteiger partial charge is 0.317 e. The normalized spacial score (nSPS) is 26.9. The standard InChI is InChI=1S/C22H40N4O3/c1-2-18-17-26(22(28)24-20-6-4-3-5-7-20)10-8-19(18)16-21(27)23-9-11-25-12-14-29-15-13-25/h18-20H,2-17H2,1H3,(H,23,27)(H,24,28)/t18-,19-/m0/s1.